The zero-order chi connectivity index (χ0) is 10.6. The van der Waals surface area contributed by atoms with E-state index >= 15 is 0 Å². The van der Waals surface area contributed by atoms with Gasteiger partial charge < -0.3 is 4.74 Å². The standard InChI is InChI=1S/C8H14ClNO3/c1-5(9)6(11)10-7(12)13-8(2,3)4/h5H,1-4H3,(H,10,11,12)/t5-/m1/s1. The van der Waals surface area contributed by atoms with Gasteiger partial charge in [0.25, 0.3) is 0 Å². The van der Waals surface area contributed by atoms with Crippen LogP contribution in [0.3, 0.4) is 0 Å². The normalized spacial score (nSPS) is 13.3. The average molecular weight is 208 g/mol. The van der Waals surface area contributed by atoms with Crippen LogP contribution in [0.5, 0.6) is 0 Å². The zero-order valence-corrected chi connectivity index (χ0v) is 8.94. The molecule has 0 spiro atoms. The maximum Gasteiger partial charge on any atom is 0.414 e. The molecule has 4 nitrogen and oxygen atoms in total. The number of imide groups is 1. The van der Waals surface area contributed by atoms with E-state index in [1.165, 1.54) is 6.92 Å². The number of carbonyl (C=O) groups is 2. The second kappa shape index (κ2) is 4.46. The molecule has 0 saturated heterocycles. The predicted octanol–water partition coefficient (Wildman–Crippen LogP) is 1.67. The van der Waals surface area contributed by atoms with Crippen molar-refractivity contribution in [1.29, 1.82) is 0 Å². The van der Waals surface area contributed by atoms with Gasteiger partial charge in [-0.05, 0) is 27.7 Å². The van der Waals surface area contributed by atoms with Crippen LogP contribution in [0.2, 0.25) is 0 Å². The van der Waals surface area contributed by atoms with Crippen molar-refractivity contribution < 1.29 is 14.3 Å². The highest BCUT2D eigenvalue weighted by Crippen LogP contribution is 2.06. The Morgan fingerprint density at radius 1 is 1.38 bits per heavy atom. The minimum Gasteiger partial charge on any atom is -0.444 e. The lowest BCUT2D eigenvalue weighted by atomic mass is 10.2. The van der Waals surface area contributed by atoms with Gasteiger partial charge in [-0.1, -0.05) is 0 Å². The fourth-order valence-corrected chi connectivity index (χ4v) is 0.558. The monoisotopic (exact) mass is 207 g/mol. The van der Waals surface area contributed by atoms with Crippen molar-refractivity contribution in [2.24, 2.45) is 0 Å². The van der Waals surface area contributed by atoms with Crippen molar-refractivity contribution in [3.8, 4) is 0 Å². The molecule has 5 heteroatoms. The Kier molecular flexibility index (Phi) is 4.20. The highest BCUT2D eigenvalue weighted by atomic mass is 35.5. The number of ether oxygens (including phenoxy) is 1. The molecular weight excluding hydrogens is 194 g/mol. The van der Waals surface area contributed by atoms with Crippen LogP contribution in [0.4, 0.5) is 4.79 Å². The van der Waals surface area contributed by atoms with Gasteiger partial charge in [0.15, 0.2) is 0 Å². The largest absolute Gasteiger partial charge is 0.444 e. The summed E-state index contributed by atoms with van der Waals surface area (Å²) < 4.78 is 4.83. The summed E-state index contributed by atoms with van der Waals surface area (Å²) in [5, 5.41) is 1.26. The van der Waals surface area contributed by atoms with Crippen molar-refractivity contribution in [2.75, 3.05) is 0 Å². The number of amides is 2. The van der Waals surface area contributed by atoms with E-state index in [9.17, 15) is 9.59 Å². The Morgan fingerprint density at radius 3 is 2.15 bits per heavy atom. The summed E-state index contributed by atoms with van der Waals surface area (Å²) in [6, 6.07) is 0. The molecule has 0 aliphatic carbocycles. The lowest BCUT2D eigenvalue weighted by molar-refractivity contribution is -0.120. The topological polar surface area (TPSA) is 55.4 Å². The van der Waals surface area contributed by atoms with Crippen molar-refractivity contribution in [3.05, 3.63) is 0 Å². The quantitative estimate of drug-likeness (QED) is 0.666. The van der Waals surface area contributed by atoms with Crippen molar-refractivity contribution >= 4 is 23.6 Å². The molecule has 1 N–H and O–H groups in total. The first-order chi connectivity index (χ1) is 5.72. The Balaban J connectivity index is 3.96. The second-order valence-corrected chi connectivity index (χ2v) is 4.26. The molecule has 0 radical (unpaired) electrons. The van der Waals surface area contributed by atoms with Gasteiger partial charge >= 0.3 is 6.09 Å². The van der Waals surface area contributed by atoms with E-state index < -0.39 is 23.0 Å². The maximum atomic E-state index is 11.0. The Bertz CT molecular complexity index is 208. The molecule has 0 aromatic rings. The molecule has 13 heavy (non-hydrogen) atoms. The SMILES string of the molecule is C[C@@H](Cl)C(=O)NC(=O)OC(C)(C)C. The summed E-state index contributed by atoms with van der Waals surface area (Å²) in [7, 11) is 0. The van der Waals surface area contributed by atoms with Gasteiger partial charge in [-0.3, -0.25) is 10.1 Å². The van der Waals surface area contributed by atoms with Gasteiger partial charge in [0.05, 0.1) is 0 Å². The van der Waals surface area contributed by atoms with Crippen LogP contribution in [-0.2, 0) is 9.53 Å². The summed E-state index contributed by atoms with van der Waals surface area (Å²) in [4.78, 5) is 21.9. The highest BCUT2D eigenvalue weighted by Gasteiger charge is 2.19. The summed E-state index contributed by atoms with van der Waals surface area (Å²) in [5.74, 6) is -0.559. The number of nitrogens with one attached hydrogen (secondary N) is 1. The Morgan fingerprint density at radius 2 is 1.85 bits per heavy atom. The molecule has 1 atom stereocenters. The fraction of sp³-hybridized carbons (Fsp3) is 0.750. The van der Waals surface area contributed by atoms with E-state index in [2.05, 4.69) is 0 Å². The number of hydrogen-bond acceptors (Lipinski definition) is 3. The third-order valence-electron chi connectivity index (χ3n) is 0.985. The number of halogens is 1. The van der Waals surface area contributed by atoms with Gasteiger partial charge in [0, 0.05) is 0 Å². The summed E-state index contributed by atoms with van der Waals surface area (Å²) in [5.41, 5.74) is -0.611. The summed E-state index contributed by atoms with van der Waals surface area (Å²) in [6.45, 7) is 6.60. The molecular formula is C8H14ClNO3. The van der Waals surface area contributed by atoms with Crippen LogP contribution in [0.25, 0.3) is 0 Å². The van der Waals surface area contributed by atoms with Crippen LogP contribution >= 0.6 is 11.6 Å². The molecule has 0 bridgehead atoms. The third kappa shape index (κ3) is 6.40. The smallest absolute Gasteiger partial charge is 0.414 e. The predicted molar refractivity (Wildman–Crippen MR) is 49.7 cm³/mol. The first kappa shape index (κ1) is 12.2. The molecule has 0 rings (SSSR count). The van der Waals surface area contributed by atoms with E-state index in [4.69, 9.17) is 16.3 Å². The number of alkyl carbamates (subject to hydrolysis) is 1. The van der Waals surface area contributed by atoms with Gasteiger partial charge in [-0.25, -0.2) is 4.79 Å². The summed E-state index contributed by atoms with van der Waals surface area (Å²) >= 11 is 5.42. The molecule has 0 aromatic heterocycles. The minimum absolute atomic E-state index is 0.559. The minimum atomic E-state index is -0.773. The number of rotatable bonds is 1. The lowest BCUT2D eigenvalue weighted by Crippen LogP contribution is -2.39. The average Bonchev–Trinajstić information content (AvgIpc) is 1.81. The number of alkyl halides is 1. The molecule has 0 aliphatic rings. The molecule has 2 amide bonds. The van der Waals surface area contributed by atoms with Crippen molar-refractivity contribution in [2.45, 2.75) is 38.7 Å². The van der Waals surface area contributed by atoms with Crippen LogP contribution < -0.4 is 5.32 Å². The molecule has 0 heterocycles. The zero-order valence-electron chi connectivity index (χ0n) is 8.18. The van der Waals surface area contributed by atoms with E-state index in [1.807, 2.05) is 5.32 Å². The first-order valence-electron chi connectivity index (χ1n) is 3.90. The number of hydrogen-bond donors (Lipinski definition) is 1. The van der Waals surface area contributed by atoms with Crippen LogP contribution in [-0.4, -0.2) is 23.0 Å². The van der Waals surface area contributed by atoms with E-state index in [0.29, 0.717) is 0 Å². The van der Waals surface area contributed by atoms with E-state index in [1.54, 1.807) is 20.8 Å². The van der Waals surface area contributed by atoms with E-state index in [0.717, 1.165) is 0 Å². The first-order valence-corrected chi connectivity index (χ1v) is 4.34. The lowest BCUT2D eigenvalue weighted by Gasteiger charge is -2.19. The number of carbonyl (C=O) groups excluding carboxylic acids is 2. The van der Waals surface area contributed by atoms with Crippen LogP contribution in [0, 0.1) is 0 Å². The second-order valence-electron chi connectivity index (χ2n) is 3.61. The molecule has 0 aromatic carbocycles. The fourth-order valence-electron chi connectivity index (χ4n) is 0.504. The molecule has 0 fully saturated rings. The Hall–Kier alpha value is -0.770. The van der Waals surface area contributed by atoms with Crippen LogP contribution in [0.1, 0.15) is 27.7 Å². The maximum absolute atomic E-state index is 11.0. The van der Waals surface area contributed by atoms with Gasteiger partial charge in [-0.2, -0.15) is 0 Å². The van der Waals surface area contributed by atoms with E-state index in [-0.39, 0.29) is 0 Å². The summed E-state index contributed by atoms with van der Waals surface area (Å²) in [6.07, 6.45) is -0.773. The van der Waals surface area contributed by atoms with Gasteiger partial charge in [0.2, 0.25) is 5.91 Å². The molecule has 0 unspecified atom stereocenters. The molecule has 76 valence electrons. The van der Waals surface area contributed by atoms with Crippen molar-refractivity contribution in [3.63, 3.8) is 0 Å². The molecule has 0 saturated carbocycles. The highest BCUT2D eigenvalue weighted by molar-refractivity contribution is 6.31. The van der Waals surface area contributed by atoms with Gasteiger partial charge in [-0.15, -0.1) is 11.6 Å². The third-order valence-corrected chi connectivity index (χ3v) is 1.18. The van der Waals surface area contributed by atoms with Gasteiger partial charge in [0.1, 0.15) is 11.0 Å². The van der Waals surface area contributed by atoms with Crippen LogP contribution in [0.15, 0.2) is 0 Å². The molecule has 0 aliphatic heterocycles. The Labute approximate surface area is 82.6 Å². The van der Waals surface area contributed by atoms with Crippen molar-refractivity contribution in [1.82, 2.24) is 5.32 Å².